The van der Waals surface area contributed by atoms with Crippen LogP contribution in [0.2, 0.25) is 0 Å². The normalized spacial score (nSPS) is 11.6. The van der Waals surface area contributed by atoms with Crippen LogP contribution in [0.25, 0.3) is 0 Å². The van der Waals surface area contributed by atoms with Crippen molar-refractivity contribution in [3.8, 4) is 6.57 Å². The zero-order chi connectivity index (χ0) is 17.1. The van der Waals surface area contributed by atoms with Crippen molar-refractivity contribution in [2.24, 2.45) is 0 Å². The van der Waals surface area contributed by atoms with Crippen molar-refractivity contribution in [1.29, 1.82) is 5.26 Å². The topological polar surface area (TPSA) is 84.0 Å². The van der Waals surface area contributed by atoms with Crippen molar-refractivity contribution in [1.82, 2.24) is 0 Å². The van der Waals surface area contributed by atoms with Gasteiger partial charge in [0.1, 0.15) is 0 Å². The quantitative estimate of drug-likeness (QED) is 0.473. The van der Waals surface area contributed by atoms with Crippen molar-refractivity contribution in [2.45, 2.75) is 25.7 Å². The van der Waals surface area contributed by atoms with E-state index in [1.54, 1.807) is 24.3 Å². The number of carbonyl (C=O) groups excluding carboxylic acids is 1. The second-order valence-electron chi connectivity index (χ2n) is 4.91. The van der Waals surface area contributed by atoms with Gasteiger partial charge in [-0.1, -0.05) is 56.0 Å². The van der Waals surface area contributed by atoms with E-state index in [1.165, 1.54) is 49.9 Å². The zero-order valence-corrected chi connectivity index (χ0v) is 12.7. The van der Waals surface area contributed by atoms with Gasteiger partial charge in [-0.2, -0.15) is 0 Å². The van der Waals surface area contributed by atoms with Gasteiger partial charge in [-0.25, -0.2) is 5.26 Å². The summed E-state index contributed by atoms with van der Waals surface area (Å²) in [6.07, 6.45) is 6.00. The number of ketones is 1. The molecule has 1 saturated carbocycles. The molecule has 1 aliphatic rings. The summed E-state index contributed by atoms with van der Waals surface area (Å²) < 4.78 is 0. The average Bonchev–Trinajstić information content (AvgIpc) is 2.55. The van der Waals surface area contributed by atoms with E-state index >= 15 is 0 Å². The van der Waals surface area contributed by atoms with Gasteiger partial charge in [-0.15, -0.1) is 0 Å². The van der Waals surface area contributed by atoms with Gasteiger partial charge in [0.25, 0.3) is 5.69 Å². The highest BCUT2D eigenvalue weighted by atomic mass is 16.6. The van der Waals surface area contributed by atoms with Gasteiger partial charge in [-0.3, -0.25) is 14.9 Å². The lowest BCUT2D eigenvalue weighted by Crippen LogP contribution is -2.00. The molecule has 2 aromatic rings. The first-order chi connectivity index (χ1) is 11.2. The third-order valence-corrected chi connectivity index (χ3v) is 3.38. The fourth-order valence-corrected chi connectivity index (χ4v) is 1.74. The number of nitrogens with zero attached hydrogens (tertiary/aromatic N) is 2. The second-order valence-corrected chi connectivity index (χ2v) is 4.91. The molecule has 5 heteroatoms. The Morgan fingerprint density at radius 2 is 1.30 bits per heavy atom. The van der Waals surface area contributed by atoms with Crippen molar-refractivity contribution in [3.05, 3.63) is 75.8 Å². The predicted octanol–water partition coefficient (Wildman–Crippen LogP) is 4.53. The molecule has 0 unspecified atom stereocenters. The first kappa shape index (κ1) is 18.1. The molecule has 0 spiro atoms. The van der Waals surface area contributed by atoms with Crippen LogP contribution in [-0.4, -0.2) is 10.7 Å². The molecular formula is C18H18N2O3. The van der Waals surface area contributed by atoms with Crippen LogP contribution in [0.4, 0.5) is 5.69 Å². The van der Waals surface area contributed by atoms with Crippen LogP contribution in [0.1, 0.15) is 41.6 Å². The molecule has 0 heterocycles. The minimum atomic E-state index is -0.489. The zero-order valence-electron chi connectivity index (χ0n) is 12.7. The third kappa shape index (κ3) is 5.71. The van der Waals surface area contributed by atoms with Gasteiger partial charge in [0.2, 0.25) is 0 Å². The summed E-state index contributed by atoms with van der Waals surface area (Å²) in [6.45, 7) is 3.50. The lowest BCUT2D eigenvalue weighted by atomic mass is 10.0. The molecular weight excluding hydrogens is 292 g/mol. The lowest BCUT2D eigenvalue weighted by molar-refractivity contribution is -0.384. The van der Waals surface area contributed by atoms with Crippen LogP contribution >= 0.6 is 0 Å². The first-order valence-corrected chi connectivity index (χ1v) is 7.28. The molecule has 0 bridgehead atoms. The van der Waals surface area contributed by atoms with Crippen LogP contribution in [0.5, 0.6) is 0 Å². The molecule has 0 N–H and O–H groups in total. The van der Waals surface area contributed by atoms with E-state index in [-0.39, 0.29) is 11.5 Å². The highest BCUT2D eigenvalue weighted by molar-refractivity contribution is 6.09. The molecule has 3 rings (SSSR count). The molecule has 0 saturated heterocycles. The first-order valence-electron chi connectivity index (χ1n) is 7.28. The highest BCUT2D eigenvalue weighted by Crippen LogP contribution is 2.15. The van der Waals surface area contributed by atoms with E-state index in [0.29, 0.717) is 11.1 Å². The minimum Gasteiger partial charge on any atom is -0.289 e. The summed E-state index contributed by atoms with van der Waals surface area (Å²) in [4.78, 5) is 21.9. The Morgan fingerprint density at radius 1 is 0.870 bits per heavy atom. The number of nitro benzene ring substituents is 1. The van der Waals surface area contributed by atoms with Crippen molar-refractivity contribution in [2.75, 3.05) is 0 Å². The maximum atomic E-state index is 12.0. The predicted molar refractivity (Wildman–Crippen MR) is 88.1 cm³/mol. The van der Waals surface area contributed by atoms with Crippen LogP contribution in [0.3, 0.4) is 0 Å². The van der Waals surface area contributed by atoms with Crippen LogP contribution in [-0.2, 0) is 0 Å². The van der Waals surface area contributed by atoms with Gasteiger partial charge in [0.05, 0.1) is 4.92 Å². The molecule has 23 heavy (non-hydrogen) atoms. The number of benzene rings is 2. The summed E-state index contributed by atoms with van der Waals surface area (Å²) in [5.41, 5.74) is 0.998. The van der Waals surface area contributed by atoms with Crippen LogP contribution < -0.4 is 0 Å². The van der Waals surface area contributed by atoms with Crippen molar-refractivity contribution in [3.63, 3.8) is 0 Å². The summed E-state index contributed by atoms with van der Waals surface area (Å²) in [6, 6.07) is 14.4. The standard InChI is InChI=1S/C13H9NO3.C4H8.CHN/c15-13(10-4-2-1-3-5-10)11-6-8-12(9-7-11)14(16)17;1-2-4-3-1;1-2/h1-9H;1-4H2;1H. The monoisotopic (exact) mass is 310 g/mol. The largest absolute Gasteiger partial charge is 0.289 e. The van der Waals surface area contributed by atoms with E-state index in [0.717, 1.165) is 0 Å². The van der Waals surface area contributed by atoms with Gasteiger partial charge >= 0.3 is 0 Å². The maximum absolute atomic E-state index is 12.0. The van der Waals surface area contributed by atoms with E-state index in [2.05, 4.69) is 6.57 Å². The fraction of sp³-hybridized carbons (Fsp3) is 0.222. The van der Waals surface area contributed by atoms with E-state index in [9.17, 15) is 14.9 Å². The molecule has 0 atom stereocenters. The lowest BCUT2D eigenvalue weighted by Gasteiger charge is -2.05. The summed E-state index contributed by atoms with van der Waals surface area (Å²) >= 11 is 0. The number of hydrogen-bond donors (Lipinski definition) is 0. The van der Waals surface area contributed by atoms with E-state index < -0.39 is 4.92 Å². The Hall–Kier alpha value is -3.00. The van der Waals surface area contributed by atoms with E-state index in [4.69, 9.17) is 5.26 Å². The Morgan fingerprint density at radius 3 is 1.70 bits per heavy atom. The molecule has 2 aromatic carbocycles. The molecule has 1 aliphatic carbocycles. The molecule has 0 radical (unpaired) electrons. The smallest absolute Gasteiger partial charge is 0.269 e. The van der Waals surface area contributed by atoms with E-state index in [1.807, 2.05) is 6.07 Å². The van der Waals surface area contributed by atoms with Gasteiger partial charge in [0.15, 0.2) is 5.78 Å². The van der Waals surface area contributed by atoms with Gasteiger partial charge in [-0.05, 0) is 12.1 Å². The number of rotatable bonds is 3. The second kappa shape index (κ2) is 9.85. The average molecular weight is 310 g/mol. The number of nitriles is 1. The Bertz CT molecular complexity index is 641. The van der Waals surface area contributed by atoms with Gasteiger partial charge < -0.3 is 0 Å². The van der Waals surface area contributed by atoms with Crippen LogP contribution in [0, 0.1) is 21.9 Å². The van der Waals surface area contributed by atoms with Crippen molar-refractivity contribution >= 4 is 11.5 Å². The number of carbonyl (C=O) groups is 1. The number of nitro groups is 1. The third-order valence-electron chi connectivity index (χ3n) is 3.38. The summed E-state index contributed by atoms with van der Waals surface area (Å²) in [5.74, 6) is -0.138. The molecule has 0 aliphatic heterocycles. The Balaban J connectivity index is 0.000000375. The number of non-ortho nitro benzene ring substituents is 1. The minimum absolute atomic E-state index is 0.0189. The molecule has 118 valence electrons. The summed E-state index contributed by atoms with van der Waals surface area (Å²) in [5, 5.41) is 17.0. The fourth-order valence-electron chi connectivity index (χ4n) is 1.74. The van der Waals surface area contributed by atoms with Crippen LogP contribution in [0.15, 0.2) is 54.6 Å². The van der Waals surface area contributed by atoms with Gasteiger partial charge in [0, 0.05) is 29.8 Å². The molecule has 0 aromatic heterocycles. The summed E-state index contributed by atoms with van der Waals surface area (Å²) in [7, 11) is 0. The Labute approximate surface area is 135 Å². The maximum Gasteiger partial charge on any atom is 0.269 e. The highest BCUT2D eigenvalue weighted by Gasteiger charge is 2.10. The number of hydrogen-bond acceptors (Lipinski definition) is 4. The molecule has 5 nitrogen and oxygen atoms in total. The SMILES string of the molecule is C#N.C1CCC1.O=C(c1ccccc1)c1ccc([N+](=O)[O-])cc1. The Kier molecular flexibility index (Phi) is 7.73. The molecule has 1 fully saturated rings. The molecule has 0 amide bonds. The van der Waals surface area contributed by atoms with Crippen molar-refractivity contribution < 1.29 is 9.72 Å².